The number of carbonyl (C=O) groups excluding carboxylic acids is 3. The number of hydrogen-bond donors (Lipinski definition) is 2. The number of benzene rings is 2. The molecule has 0 radical (unpaired) electrons. The Kier molecular flexibility index (Phi) is 7.84. The van der Waals surface area contributed by atoms with Crippen molar-refractivity contribution in [2.75, 3.05) is 6.61 Å². The molecule has 2 atom stereocenters. The quantitative estimate of drug-likeness (QED) is 0.358. The van der Waals surface area contributed by atoms with E-state index in [1.54, 1.807) is 19.1 Å². The van der Waals surface area contributed by atoms with E-state index in [0.717, 1.165) is 11.1 Å². The topological polar surface area (TPSA) is 142 Å². The Labute approximate surface area is 179 Å². The van der Waals surface area contributed by atoms with Gasteiger partial charge in [0.2, 0.25) is 5.91 Å². The Bertz CT molecular complexity index is 967. The van der Waals surface area contributed by atoms with Crippen molar-refractivity contribution in [3.05, 3.63) is 74.8 Å². The van der Waals surface area contributed by atoms with Gasteiger partial charge in [-0.25, -0.2) is 0 Å². The summed E-state index contributed by atoms with van der Waals surface area (Å²) < 4.78 is 4.99. The molecule has 2 aromatic carbocycles. The molecule has 0 heterocycles. The van der Waals surface area contributed by atoms with Gasteiger partial charge < -0.3 is 15.8 Å². The number of rotatable bonds is 9. The number of hydrogen-bond acceptors (Lipinski definition) is 6. The minimum Gasteiger partial charge on any atom is -0.466 e. The van der Waals surface area contributed by atoms with E-state index in [1.165, 1.54) is 24.3 Å². The first-order valence-electron chi connectivity index (χ1n) is 9.70. The van der Waals surface area contributed by atoms with E-state index in [2.05, 4.69) is 5.32 Å². The van der Waals surface area contributed by atoms with Crippen molar-refractivity contribution in [3.8, 4) is 0 Å². The summed E-state index contributed by atoms with van der Waals surface area (Å²) in [6.07, 6.45) is -0.244. The summed E-state index contributed by atoms with van der Waals surface area (Å²) in [4.78, 5) is 47.7. The minimum absolute atomic E-state index is 0.141. The number of aryl methyl sites for hydroxylation is 2. The van der Waals surface area contributed by atoms with E-state index >= 15 is 0 Å². The fourth-order valence-corrected chi connectivity index (χ4v) is 3.37. The van der Waals surface area contributed by atoms with Crippen LogP contribution in [0.3, 0.4) is 0 Å². The van der Waals surface area contributed by atoms with Crippen molar-refractivity contribution in [2.24, 2.45) is 5.73 Å². The summed E-state index contributed by atoms with van der Waals surface area (Å²) in [7, 11) is 0. The molecule has 9 nitrogen and oxygen atoms in total. The van der Waals surface area contributed by atoms with E-state index in [1.807, 2.05) is 19.9 Å². The van der Waals surface area contributed by atoms with Gasteiger partial charge in [0.25, 0.3) is 11.6 Å². The van der Waals surface area contributed by atoms with Gasteiger partial charge in [-0.2, -0.15) is 0 Å². The molecule has 0 unspecified atom stereocenters. The molecule has 2 rings (SSSR count). The van der Waals surface area contributed by atoms with Crippen molar-refractivity contribution in [1.29, 1.82) is 0 Å². The maximum Gasteiger partial charge on any atom is 0.306 e. The van der Waals surface area contributed by atoms with Gasteiger partial charge in [0.05, 0.1) is 18.0 Å². The molecule has 31 heavy (non-hydrogen) atoms. The monoisotopic (exact) mass is 427 g/mol. The maximum absolute atomic E-state index is 12.8. The number of non-ortho nitro benzene ring substituents is 1. The molecule has 9 heteroatoms. The second kappa shape index (κ2) is 10.3. The van der Waals surface area contributed by atoms with Gasteiger partial charge in [-0.1, -0.05) is 29.3 Å². The summed E-state index contributed by atoms with van der Waals surface area (Å²) in [6, 6.07) is 9.40. The molecular formula is C22H25N3O6. The first kappa shape index (κ1) is 23.5. The fraction of sp³-hybridized carbons (Fsp3) is 0.318. The van der Waals surface area contributed by atoms with Gasteiger partial charge in [-0.15, -0.1) is 0 Å². The molecule has 0 aliphatic carbocycles. The van der Waals surface area contributed by atoms with Crippen LogP contribution in [0.25, 0.3) is 0 Å². The predicted octanol–water partition coefficient (Wildman–Crippen LogP) is 2.53. The summed E-state index contributed by atoms with van der Waals surface area (Å²) in [5, 5.41) is 13.6. The summed E-state index contributed by atoms with van der Waals surface area (Å²) >= 11 is 0. The van der Waals surface area contributed by atoms with Crippen molar-refractivity contribution in [3.63, 3.8) is 0 Å². The van der Waals surface area contributed by atoms with Crippen molar-refractivity contribution < 1.29 is 24.0 Å². The molecule has 0 aliphatic heterocycles. The minimum atomic E-state index is -1.24. The second-order valence-electron chi connectivity index (χ2n) is 7.19. The Morgan fingerprint density at radius 3 is 2.16 bits per heavy atom. The molecule has 0 spiro atoms. The first-order chi connectivity index (χ1) is 14.6. The van der Waals surface area contributed by atoms with Crippen molar-refractivity contribution in [2.45, 2.75) is 39.2 Å². The zero-order valence-corrected chi connectivity index (χ0v) is 17.6. The Balaban J connectivity index is 2.40. The molecule has 0 saturated carbocycles. The van der Waals surface area contributed by atoms with E-state index in [4.69, 9.17) is 10.5 Å². The molecular weight excluding hydrogens is 402 g/mol. The van der Waals surface area contributed by atoms with Crippen LogP contribution in [0.1, 0.15) is 46.3 Å². The molecule has 3 N–H and O–H groups in total. The lowest BCUT2D eigenvalue weighted by molar-refractivity contribution is -0.384. The number of nitro groups is 1. The smallest absolute Gasteiger partial charge is 0.306 e. The number of nitrogens with one attached hydrogen (secondary N) is 1. The zero-order chi connectivity index (χ0) is 23.1. The Morgan fingerprint density at radius 2 is 1.68 bits per heavy atom. The number of nitrogens with zero attached hydrogens (tertiary/aromatic N) is 1. The van der Waals surface area contributed by atoms with Crippen LogP contribution >= 0.6 is 0 Å². The number of nitro benzene ring substituents is 1. The third-order valence-corrected chi connectivity index (χ3v) is 4.70. The SMILES string of the molecule is CCOC(=O)C[C@H](c1ccc([N+](=O)[O-])cc1)[C@H](NC(=O)c1cc(C)cc(C)c1)C(N)=O. The average molecular weight is 427 g/mol. The van der Waals surface area contributed by atoms with E-state index < -0.39 is 34.7 Å². The van der Waals surface area contributed by atoms with Crippen LogP contribution in [0.5, 0.6) is 0 Å². The highest BCUT2D eigenvalue weighted by atomic mass is 16.6. The van der Waals surface area contributed by atoms with Crippen LogP contribution in [-0.4, -0.2) is 35.4 Å². The van der Waals surface area contributed by atoms with E-state index in [0.29, 0.717) is 11.1 Å². The number of nitrogens with two attached hydrogens (primary N) is 1. The molecule has 0 saturated heterocycles. The molecule has 164 valence electrons. The highest BCUT2D eigenvalue weighted by Gasteiger charge is 2.32. The number of carbonyl (C=O) groups is 3. The van der Waals surface area contributed by atoms with Gasteiger partial charge in [-0.05, 0) is 38.5 Å². The summed E-state index contributed by atoms with van der Waals surface area (Å²) in [5.41, 5.74) is 7.96. The first-order valence-corrected chi connectivity index (χ1v) is 9.70. The van der Waals surface area contributed by atoms with Crippen molar-refractivity contribution >= 4 is 23.5 Å². The summed E-state index contributed by atoms with van der Waals surface area (Å²) in [5.74, 6) is -2.82. The standard InChI is InChI=1S/C22H25N3O6/c1-4-31-19(26)12-18(15-5-7-17(8-6-15)25(29)30)20(21(23)27)24-22(28)16-10-13(2)9-14(3)11-16/h5-11,18,20H,4,12H2,1-3H3,(H2,23,27)(H,24,28)/t18-,20+/m1/s1. The third kappa shape index (κ3) is 6.36. The van der Waals surface area contributed by atoms with Gasteiger partial charge in [0, 0.05) is 23.6 Å². The number of primary amides is 1. The van der Waals surface area contributed by atoms with E-state index in [-0.39, 0.29) is 18.7 Å². The highest BCUT2D eigenvalue weighted by Crippen LogP contribution is 2.27. The molecule has 2 aromatic rings. The number of amides is 2. The highest BCUT2D eigenvalue weighted by molar-refractivity contribution is 5.98. The van der Waals surface area contributed by atoms with Gasteiger partial charge in [0.15, 0.2) is 0 Å². The Morgan fingerprint density at radius 1 is 1.10 bits per heavy atom. The number of esters is 1. The van der Waals surface area contributed by atoms with Crippen LogP contribution in [-0.2, 0) is 14.3 Å². The molecule has 0 aromatic heterocycles. The fourth-order valence-electron chi connectivity index (χ4n) is 3.37. The van der Waals surface area contributed by atoms with Crippen LogP contribution in [0.4, 0.5) is 5.69 Å². The van der Waals surface area contributed by atoms with Gasteiger partial charge in [-0.3, -0.25) is 24.5 Å². The maximum atomic E-state index is 12.8. The molecule has 0 fully saturated rings. The Hall–Kier alpha value is -3.75. The van der Waals surface area contributed by atoms with Crippen LogP contribution in [0.15, 0.2) is 42.5 Å². The predicted molar refractivity (Wildman–Crippen MR) is 113 cm³/mol. The lowest BCUT2D eigenvalue weighted by atomic mass is 9.87. The molecule has 0 aliphatic rings. The van der Waals surface area contributed by atoms with Gasteiger partial charge >= 0.3 is 5.97 Å². The normalized spacial score (nSPS) is 12.5. The lowest BCUT2D eigenvalue weighted by Crippen LogP contribution is -2.48. The van der Waals surface area contributed by atoms with Crippen molar-refractivity contribution in [1.82, 2.24) is 5.32 Å². The lowest BCUT2D eigenvalue weighted by Gasteiger charge is -2.25. The zero-order valence-electron chi connectivity index (χ0n) is 17.6. The van der Waals surface area contributed by atoms with Crippen LogP contribution < -0.4 is 11.1 Å². The third-order valence-electron chi connectivity index (χ3n) is 4.70. The average Bonchev–Trinajstić information content (AvgIpc) is 2.69. The molecule has 0 bridgehead atoms. The summed E-state index contributed by atoms with van der Waals surface area (Å²) in [6.45, 7) is 5.47. The largest absolute Gasteiger partial charge is 0.466 e. The second-order valence-corrected chi connectivity index (χ2v) is 7.19. The van der Waals surface area contributed by atoms with Gasteiger partial charge in [0.1, 0.15) is 6.04 Å². The van der Waals surface area contributed by atoms with Crippen LogP contribution in [0, 0.1) is 24.0 Å². The van der Waals surface area contributed by atoms with Crippen LogP contribution in [0.2, 0.25) is 0 Å². The number of ether oxygens (including phenoxy) is 1. The van der Waals surface area contributed by atoms with E-state index in [9.17, 15) is 24.5 Å². The molecule has 2 amide bonds.